The summed E-state index contributed by atoms with van der Waals surface area (Å²) in [6.07, 6.45) is 1.63. The van der Waals surface area contributed by atoms with Gasteiger partial charge in [0.05, 0.1) is 11.6 Å². The molecule has 0 radical (unpaired) electrons. The zero-order valence-electron chi connectivity index (χ0n) is 14.4. The molecule has 3 rings (SSSR count). The predicted octanol–water partition coefficient (Wildman–Crippen LogP) is 4.36. The molecule has 2 aromatic carbocycles. The van der Waals surface area contributed by atoms with Crippen LogP contribution in [0.2, 0.25) is 0 Å². The predicted molar refractivity (Wildman–Crippen MR) is 102 cm³/mol. The van der Waals surface area contributed by atoms with E-state index in [1.165, 1.54) is 0 Å². The topological polar surface area (TPSA) is 69.0 Å². The van der Waals surface area contributed by atoms with Crippen molar-refractivity contribution in [2.24, 2.45) is 0 Å². The number of rotatable bonds is 5. The Bertz CT molecular complexity index is 947. The van der Waals surface area contributed by atoms with E-state index < -0.39 is 0 Å². The zero-order valence-corrected chi connectivity index (χ0v) is 14.4. The van der Waals surface area contributed by atoms with Crippen LogP contribution in [0.15, 0.2) is 72.9 Å². The SMILES string of the molecule is CCN(c1ccccc1)c1ccnc(C(=O)Nc2cccc(C#N)c2)c1. The molecule has 0 aliphatic carbocycles. The third kappa shape index (κ3) is 3.87. The summed E-state index contributed by atoms with van der Waals surface area (Å²) >= 11 is 0. The van der Waals surface area contributed by atoms with Crippen LogP contribution in [-0.4, -0.2) is 17.4 Å². The Balaban J connectivity index is 1.84. The molecule has 0 aliphatic rings. The number of nitriles is 1. The second-order valence-electron chi connectivity index (χ2n) is 5.63. The van der Waals surface area contributed by atoms with Gasteiger partial charge in [-0.1, -0.05) is 24.3 Å². The van der Waals surface area contributed by atoms with E-state index in [-0.39, 0.29) is 5.91 Å². The van der Waals surface area contributed by atoms with Crippen LogP contribution in [0.3, 0.4) is 0 Å². The van der Waals surface area contributed by atoms with Gasteiger partial charge in [-0.05, 0) is 49.4 Å². The van der Waals surface area contributed by atoms with Gasteiger partial charge in [-0.3, -0.25) is 9.78 Å². The fourth-order valence-electron chi connectivity index (χ4n) is 2.70. The standard InChI is InChI=1S/C21H18N4O/c1-2-25(18-9-4-3-5-10-18)19-11-12-23-20(14-19)21(26)24-17-8-6-7-16(13-17)15-22/h3-14H,2H2,1H3,(H,24,26). The molecule has 0 fully saturated rings. The molecule has 0 atom stereocenters. The first kappa shape index (κ1) is 17.2. The Kier molecular flexibility index (Phi) is 5.25. The number of nitrogens with one attached hydrogen (secondary N) is 1. The van der Waals surface area contributed by atoms with E-state index in [9.17, 15) is 4.79 Å². The van der Waals surface area contributed by atoms with E-state index in [0.717, 1.165) is 17.9 Å². The summed E-state index contributed by atoms with van der Waals surface area (Å²) in [4.78, 5) is 18.8. The molecule has 3 aromatic rings. The third-order valence-corrected chi connectivity index (χ3v) is 3.92. The number of amides is 1. The highest BCUT2D eigenvalue weighted by atomic mass is 16.1. The first-order valence-corrected chi connectivity index (χ1v) is 8.31. The molecule has 5 nitrogen and oxygen atoms in total. The molecule has 0 bridgehead atoms. The van der Waals surface area contributed by atoms with E-state index in [1.807, 2.05) is 36.4 Å². The highest BCUT2D eigenvalue weighted by molar-refractivity contribution is 6.03. The van der Waals surface area contributed by atoms with Crippen molar-refractivity contribution in [2.75, 3.05) is 16.8 Å². The summed E-state index contributed by atoms with van der Waals surface area (Å²) in [7, 11) is 0. The van der Waals surface area contributed by atoms with Gasteiger partial charge in [-0.2, -0.15) is 5.26 Å². The number of pyridine rings is 1. The maximum Gasteiger partial charge on any atom is 0.274 e. The maximum atomic E-state index is 12.5. The normalized spacial score (nSPS) is 10.0. The molecule has 0 unspecified atom stereocenters. The lowest BCUT2D eigenvalue weighted by molar-refractivity contribution is 0.102. The molecule has 5 heteroatoms. The first-order valence-electron chi connectivity index (χ1n) is 8.31. The van der Waals surface area contributed by atoms with E-state index in [2.05, 4.69) is 28.2 Å². The van der Waals surface area contributed by atoms with E-state index in [1.54, 1.807) is 36.5 Å². The van der Waals surface area contributed by atoms with E-state index >= 15 is 0 Å². The second kappa shape index (κ2) is 7.95. The molecular weight excluding hydrogens is 324 g/mol. The Hall–Kier alpha value is -3.65. The van der Waals surface area contributed by atoms with Crippen molar-refractivity contribution in [1.82, 2.24) is 4.98 Å². The molecule has 1 amide bonds. The van der Waals surface area contributed by atoms with Gasteiger partial charge in [0.1, 0.15) is 5.69 Å². The molecule has 128 valence electrons. The van der Waals surface area contributed by atoms with Crippen molar-refractivity contribution >= 4 is 23.0 Å². The molecule has 1 heterocycles. The number of carbonyl (C=O) groups excluding carboxylic acids is 1. The monoisotopic (exact) mass is 342 g/mol. The minimum Gasteiger partial charge on any atom is -0.342 e. The van der Waals surface area contributed by atoms with Crippen LogP contribution in [0.1, 0.15) is 23.0 Å². The van der Waals surface area contributed by atoms with Crippen LogP contribution in [0.5, 0.6) is 0 Å². The van der Waals surface area contributed by atoms with E-state index in [4.69, 9.17) is 5.26 Å². The first-order chi connectivity index (χ1) is 12.7. The fraction of sp³-hybridized carbons (Fsp3) is 0.0952. The quantitative estimate of drug-likeness (QED) is 0.748. The maximum absolute atomic E-state index is 12.5. The van der Waals surface area contributed by atoms with Gasteiger partial charge in [-0.15, -0.1) is 0 Å². The molecule has 1 aromatic heterocycles. The molecule has 0 aliphatic heterocycles. The van der Waals surface area contributed by atoms with Gasteiger partial charge < -0.3 is 10.2 Å². The molecule has 26 heavy (non-hydrogen) atoms. The smallest absolute Gasteiger partial charge is 0.274 e. The van der Waals surface area contributed by atoms with Crippen molar-refractivity contribution < 1.29 is 4.79 Å². The Morgan fingerprint density at radius 2 is 1.88 bits per heavy atom. The molecule has 0 saturated heterocycles. The van der Waals surface area contributed by atoms with Gasteiger partial charge in [0, 0.05) is 29.8 Å². The summed E-state index contributed by atoms with van der Waals surface area (Å²) in [6.45, 7) is 2.82. The van der Waals surface area contributed by atoms with E-state index in [0.29, 0.717) is 16.9 Å². The van der Waals surface area contributed by atoms with Crippen LogP contribution in [-0.2, 0) is 0 Å². The molecular formula is C21H18N4O. The summed E-state index contributed by atoms with van der Waals surface area (Å²) in [5.41, 5.74) is 3.32. The van der Waals surface area contributed by atoms with Crippen molar-refractivity contribution in [1.29, 1.82) is 5.26 Å². The molecule has 1 N–H and O–H groups in total. The third-order valence-electron chi connectivity index (χ3n) is 3.92. The van der Waals surface area contributed by atoms with Crippen LogP contribution in [0.25, 0.3) is 0 Å². The van der Waals surface area contributed by atoms with Crippen LogP contribution >= 0.6 is 0 Å². The lowest BCUT2D eigenvalue weighted by atomic mass is 10.2. The second-order valence-corrected chi connectivity index (χ2v) is 5.63. The number of anilines is 3. The van der Waals surface area contributed by atoms with Crippen molar-refractivity contribution in [2.45, 2.75) is 6.92 Å². The van der Waals surface area contributed by atoms with Crippen molar-refractivity contribution in [3.05, 3.63) is 84.2 Å². The summed E-state index contributed by atoms with van der Waals surface area (Å²) in [6, 6.07) is 22.5. The van der Waals surface area contributed by atoms with Gasteiger partial charge in [0.25, 0.3) is 5.91 Å². The minimum atomic E-state index is -0.314. The minimum absolute atomic E-state index is 0.314. The van der Waals surface area contributed by atoms with Crippen LogP contribution < -0.4 is 10.2 Å². The largest absolute Gasteiger partial charge is 0.342 e. The number of hydrogen-bond donors (Lipinski definition) is 1. The van der Waals surface area contributed by atoms with Crippen molar-refractivity contribution in [3.8, 4) is 6.07 Å². The average Bonchev–Trinajstić information content (AvgIpc) is 2.70. The summed E-state index contributed by atoms with van der Waals surface area (Å²) in [5, 5.41) is 11.8. The van der Waals surface area contributed by atoms with Gasteiger partial charge in [0.15, 0.2) is 0 Å². The number of benzene rings is 2. The highest BCUT2D eigenvalue weighted by Gasteiger charge is 2.12. The van der Waals surface area contributed by atoms with Crippen LogP contribution in [0, 0.1) is 11.3 Å². The Labute approximate surface area is 152 Å². The highest BCUT2D eigenvalue weighted by Crippen LogP contribution is 2.25. The van der Waals surface area contributed by atoms with Crippen LogP contribution in [0.4, 0.5) is 17.1 Å². The lowest BCUT2D eigenvalue weighted by Crippen LogP contribution is -2.18. The zero-order chi connectivity index (χ0) is 18.4. The Morgan fingerprint density at radius 3 is 2.62 bits per heavy atom. The molecule has 0 saturated carbocycles. The van der Waals surface area contributed by atoms with Gasteiger partial charge in [0.2, 0.25) is 0 Å². The lowest BCUT2D eigenvalue weighted by Gasteiger charge is -2.23. The number of hydrogen-bond acceptors (Lipinski definition) is 4. The van der Waals surface area contributed by atoms with Gasteiger partial charge in [-0.25, -0.2) is 0 Å². The number of aromatic nitrogens is 1. The summed E-state index contributed by atoms with van der Waals surface area (Å²) < 4.78 is 0. The van der Waals surface area contributed by atoms with Crippen molar-refractivity contribution in [3.63, 3.8) is 0 Å². The molecule has 0 spiro atoms. The summed E-state index contributed by atoms with van der Waals surface area (Å²) in [5.74, 6) is -0.314. The average molecular weight is 342 g/mol. The number of nitrogens with zero attached hydrogens (tertiary/aromatic N) is 3. The fourth-order valence-corrected chi connectivity index (χ4v) is 2.70. The Morgan fingerprint density at radius 1 is 1.08 bits per heavy atom. The number of para-hydroxylation sites is 1. The van der Waals surface area contributed by atoms with Gasteiger partial charge >= 0.3 is 0 Å². The number of carbonyl (C=O) groups is 1.